The van der Waals surface area contributed by atoms with Gasteiger partial charge in [0.15, 0.2) is 0 Å². The number of benzene rings is 2. The lowest BCUT2D eigenvalue weighted by Crippen LogP contribution is -2.04. The summed E-state index contributed by atoms with van der Waals surface area (Å²) < 4.78 is 5.36. The molecule has 0 bridgehead atoms. The van der Waals surface area contributed by atoms with Crippen LogP contribution in [0.5, 0.6) is 5.75 Å². The molecule has 1 fully saturated rings. The third-order valence-corrected chi connectivity index (χ3v) is 6.26. The molecule has 0 aliphatic heterocycles. The van der Waals surface area contributed by atoms with Crippen molar-refractivity contribution < 1.29 is 4.74 Å². The number of aliphatic imine (C=N–C) groups is 1. The number of hydrogen-bond acceptors (Lipinski definition) is 4. The number of halogens is 1. The molecule has 144 valence electrons. The van der Waals surface area contributed by atoms with Gasteiger partial charge in [-0.1, -0.05) is 55.1 Å². The molecule has 4 rings (SSSR count). The topological polar surface area (TPSA) is 34.5 Å². The molecule has 0 spiro atoms. The second-order valence-corrected chi connectivity index (χ2v) is 8.39. The molecule has 1 aliphatic carbocycles. The first kappa shape index (κ1) is 19.2. The lowest BCUT2D eigenvalue weighted by atomic mass is 9.84. The normalized spacial score (nSPS) is 15.2. The Morgan fingerprint density at radius 1 is 1.11 bits per heavy atom. The van der Waals surface area contributed by atoms with Crippen molar-refractivity contribution in [2.75, 3.05) is 7.11 Å². The molecule has 28 heavy (non-hydrogen) atoms. The molecule has 2 aromatic carbocycles. The van der Waals surface area contributed by atoms with Crippen LogP contribution in [-0.4, -0.2) is 18.3 Å². The number of nitrogens with zero attached hydrogens (tertiary/aromatic N) is 2. The minimum atomic E-state index is 0.653. The van der Waals surface area contributed by atoms with E-state index in [0.717, 1.165) is 28.5 Å². The Balaban J connectivity index is 1.49. The van der Waals surface area contributed by atoms with Crippen LogP contribution in [0.4, 0.5) is 5.13 Å². The molecule has 3 nitrogen and oxygen atoms in total. The Kier molecular flexibility index (Phi) is 6.08. The van der Waals surface area contributed by atoms with Crippen molar-refractivity contribution in [3.05, 3.63) is 64.0 Å². The fraction of sp³-hybridized carbons (Fsp3) is 0.304. The first-order valence-electron chi connectivity index (χ1n) is 9.66. The molecule has 0 radical (unpaired) electrons. The van der Waals surface area contributed by atoms with Crippen molar-refractivity contribution >= 4 is 34.3 Å². The molecule has 1 heterocycles. The molecule has 0 atom stereocenters. The average molecular weight is 411 g/mol. The summed E-state index contributed by atoms with van der Waals surface area (Å²) in [6.45, 7) is 0. The molecule has 1 saturated carbocycles. The average Bonchev–Trinajstić information content (AvgIpc) is 3.22. The van der Waals surface area contributed by atoms with Crippen LogP contribution in [0.3, 0.4) is 0 Å². The Morgan fingerprint density at radius 2 is 1.89 bits per heavy atom. The molecular weight excluding hydrogens is 388 g/mol. The Morgan fingerprint density at radius 3 is 2.64 bits per heavy atom. The van der Waals surface area contributed by atoms with E-state index in [1.807, 2.05) is 12.1 Å². The van der Waals surface area contributed by atoms with Crippen LogP contribution < -0.4 is 4.74 Å². The van der Waals surface area contributed by atoms with Crippen LogP contribution in [0.15, 0.2) is 52.8 Å². The lowest BCUT2D eigenvalue weighted by Gasteiger charge is -2.22. The maximum absolute atomic E-state index is 6.08. The second-order valence-electron chi connectivity index (χ2n) is 7.12. The van der Waals surface area contributed by atoms with Crippen LogP contribution in [0.1, 0.15) is 49.1 Å². The van der Waals surface area contributed by atoms with Crippen LogP contribution in [0, 0.1) is 0 Å². The number of rotatable bonds is 5. The van der Waals surface area contributed by atoms with E-state index in [0.29, 0.717) is 10.2 Å². The van der Waals surface area contributed by atoms with E-state index >= 15 is 0 Å². The zero-order valence-electron chi connectivity index (χ0n) is 15.9. The summed E-state index contributed by atoms with van der Waals surface area (Å²) in [7, 11) is 1.64. The summed E-state index contributed by atoms with van der Waals surface area (Å²) in [5, 5.41) is 3.42. The third kappa shape index (κ3) is 4.45. The molecule has 1 aliphatic rings. The minimum absolute atomic E-state index is 0.653. The van der Waals surface area contributed by atoms with Gasteiger partial charge >= 0.3 is 0 Å². The summed E-state index contributed by atoms with van der Waals surface area (Å²) in [6.07, 6.45) is 8.50. The van der Waals surface area contributed by atoms with Crippen LogP contribution in [0.25, 0.3) is 11.3 Å². The van der Waals surface area contributed by atoms with Gasteiger partial charge in [0.25, 0.3) is 0 Å². The highest BCUT2D eigenvalue weighted by atomic mass is 35.5. The number of methoxy groups -OCH3 is 1. The SMILES string of the molecule is COc1ccc(Cl)cc1C=Nc1nc(-c2ccc(C3CCCCC3)cc2)cs1. The second kappa shape index (κ2) is 8.89. The Bertz CT molecular complexity index is 959. The van der Waals surface area contributed by atoms with Crippen molar-refractivity contribution in [3.63, 3.8) is 0 Å². The summed E-state index contributed by atoms with van der Waals surface area (Å²) in [5.74, 6) is 1.47. The highest BCUT2D eigenvalue weighted by Crippen LogP contribution is 2.34. The fourth-order valence-electron chi connectivity index (χ4n) is 3.75. The quantitative estimate of drug-likeness (QED) is 0.414. The van der Waals surface area contributed by atoms with Gasteiger partial charge in [-0.05, 0) is 42.5 Å². The van der Waals surface area contributed by atoms with E-state index < -0.39 is 0 Å². The molecule has 0 amide bonds. The molecule has 5 heteroatoms. The summed E-state index contributed by atoms with van der Waals surface area (Å²) >= 11 is 7.61. The molecule has 0 unspecified atom stereocenters. The number of hydrogen-bond donors (Lipinski definition) is 0. The highest BCUT2D eigenvalue weighted by molar-refractivity contribution is 7.13. The van der Waals surface area contributed by atoms with E-state index in [9.17, 15) is 0 Å². The zero-order chi connectivity index (χ0) is 19.3. The Labute approximate surface area is 175 Å². The molecule has 0 saturated heterocycles. The van der Waals surface area contributed by atoms with Gasteiger partial charge < -0.3 is 4.74 Å². The molecule has 3 aromatic rings. The van der Waals surface area contributed by atoms with Crippen molar-refractivity contribution in [1.82, 2.24) is 4.98 Å². The predicted octanol–water partition coefficient (Wildman–Crippen LogP) is 7.27. The highest BCUT2D eigenvalue weighted by Gasteiger charge is 2.15. The van der Waals surface area contributed by atoms with Gasteiger partial charge in [-0.15, -0.1) is 11.3 Å². The molecular formula is C23H23ClN2OS. The van der Waals surface area contributed by atoms with Gasteiger partial charge in [-0.3, -0.25) is 0 Å². The molecule has 1 aromatic heterocycles. The van der Waals surface area contributed by atoms with E-state index in [1.165, 1.54) is 49.0 Å². The van der Waals surface area contributed by atoms with Crippen LogP contribution in [0.2, 0.25) is 5.02 Å². The van der Waals surface area contributed by atoms with Crippen molar-refractivity contribution in [1.29, 1.82) is 0 Å². The number of aromatic nitrogens is 1. The standard InChI is InChI=1S/C23H23ClN2OS/c1-27-22-12-11-20(24)13-19(22)14-25-23-26-21(15-28-23)18-9-7-17(8-10-18)16-5-3-2-4-6-16/h7-16H,2-6H2,1H3. The maximum atomic E-state index is 6.08. The zero-order valence-corrected chi connectivity index (χ0v) is 17.5. The number of ether oxygens (including phenoxy) is 1. The summed E-state index contributed by atoms with van der Waals surface area (Å²) in [4.78, 5) is 9.17. The van der Waals surface area contributed by atoms with Gasteiger partial charge in [0.1, 0.15) is 5.75 Å². The van der Waals surface area contributed by atoms with Gasteiger partial charge in [-0.25, -0.2) is 9.98 Å². The van der Waals surface area contributed by atoms with E-state index in [4.69, 9.17) is 16.3 Å². The summed E-state index contributed by atoms with van der Waals surface area (Å²) in [6, 6.07) is 14.4. The summed E-state index contributed by atoms with van der Waals surface area (Å²) in [5.41, 5.74) is 4.40. The fourth-order valence-corrected chi connectivity index (χ4v) is 4.60. The van der Waals surface area contributed by atoms with Gasteiger partial charge in [-0.2, -0.15) is 0 Å². The van der Waals surface area contributed by atoms with Crippen molar-refractivity contribution in [3.8, 4) is 17.0 Å². The van der Waals surface area contributed by atoms with Crippen LogP contribution >= 0.6 is 22.9 Å². The smallest absolute Gasteiger partial charge is 0.209 e. The van der Waals surface area contributed by atoms with E-state index in [1.54, 1.807) is 19.4 Å². The lowest BCUT2D eigenvalue weighted by molar-refractivity contribution is 0.414. The number of thiazole rings is 1. The monoisotopic (exact) mass is 410 g/mol. The van der Waals surface area contributed by atoms with Crippen molar-refractivity contribution in [2.24, 2.45) is 4.99 Å². The Hall–Kier alpha value is -2.17. The molecule has 0 N–H and O–H groups in total. The maximum Gasteiger partial charge on any atom is 0.209 e. The van der Waals surface area contributed by atoms with Gasteiger partial charge in [0, 0.05) is 27.7 Å². The van der Waals surface area contributed by atoms with E-state index in [2.05, 4.69) is 39.6 Å². The predicted molar refractivity (Wildman–Crippen MR) is 119 cm³/mol. The van der Waals surface area contributed by atoms with Crippen LogP contribution in [-0.2, 0) is 0 Å². The largest absolute Gasteiger partial charge is 0.496 e. The minimum Gasteiger partial charge on any atom is -0.496 e. The first-order valence-corrected chi connectivity index (χ1v) is 10.9. The van der Waals surface area contributed by atoms with Crippen molar-refractivity contribution in [2.45, 2.75) is 38.0 Å². The van der Waals surface area contributed by atoms with Gasteiger partial charge in [0.2, 0.25) is 5.13 Å². The third-order valence-electron chi connectivity index (χ3n) is 5.28. The van der Waals surface area contributed by atoms with Gasteiger partial charge in [0.05, 0.1) is 12.8 Å². The van der Waals surface area contributed by atoms with E-state index in [-0.39, 0.29) is 0 Å². The first-order chi connectivity index (χ1) is 13.7.